The van der Waals surface area contributed by atoms with E-state index in [9.17, 15) is 9.59 Å². The minimum atomic E-state index is -0.235. The molecule has 1 aliphatic heterocycles. The van der Waals surface area contributed by atoms with Crippen LogP contribution in [-0.4, -0.2) is 17.4 Å². The molecule has 0 bridgehead atoms. The van der Waals surface area contributed by atoms with Gasteiger partial charge in [-0.05, 0) is 56.3 Å². The molecule has 5 aliphatic rings. The van der Waals surface area contributed by atoms with Gasteiger partial charge in [-0.1, -0.05) is 50.5 Å². The summed E-state index contributed by atoms with van der Waals surface area (Å²) < 4.78 is 6.07. The molecule has 3 nitrogen and oxygen atoms in total. The Labute approximate surface area is 169 Å². The molecule has 0 N–H and O–H groups in total. The van der Waals surface area contributed by atoms with Gasteiger partial charge in [0, 0.05) is 30.1 Å². The van der Waals surface area contributed by atoms with Crippen LogP contribution < -0.4 is 0 Å². The van der Waals surface area contributed by atoms with Gasteiger partial charge in [-0.3, -0.25) is 9.59 Å². The molecular weight excluding hydrogens is 348 g/mol. The van der Waals surface area contributed by atoms with Crippen LogP contribution in [0.1, 0.15) is 85.0 Å². The molecule has 3 fully saturated rings. The standard InChI is InChI=1S/C25H34O3/c1-4-5-16-14-17-15-18(26)6-10-23(17,2)19-7-11-24(3)20(22(16)19)8-12-25(24)13-9-21(27)28-25/h7,14,16,20,22H,4-6,8-13,15H2,1-3H3/t16-,20?,22?,23+,24+,25-/m1/s1. The molecule has 0 aromatic heterocycles. The first-order chi connectivity index (χ1) is 13.3. The lowest BCUT2D eigenvalue weighted by atomic mass is 9.48. The third kappa shape index (κ3) is 2.28. The first-order valence-electron chi connectivity index (χ1n) is 11.5. The van der Waals surface area contributed by atoms with Gasteiger partial charge in [0.25, 0.3) is 0 Å². The van der Waals surface area contributed by atoms with E-state index in [0.29, 0.717) is 36.4 Å². The number of ketones is 1. The van der Waals surface area contributed by atoms with Crippen molar-refractivity contribution in [3.8, 4) is 0 Å². The number of carbonyl (C=O) groups is 2. The van der Waals surface area contributed by atoms with Crippen molar-refractivity contribution in [2.45, 2.75) is 90.6 Å². The highest BCUT2D eigenvalue weighted by molar-refractivity contribution is 5.83. The number of fused-ring (bicyclic) bond motifs is 6. The molecule has 2 saturated carbocycles. The molecule has 0 radical (unpaired) electrons. The van der Waals surface area contributed by atoms with Crippen molar-refractivity contribution >= 4 is 11.8 Å². The van der Waals surface area contributed by atoms with Crippen molar-refractivity contribution in [3.63, 3.8) is 0 Å². The molecule has 1 heterocycles. The lowest BCUT2D eigenvalue weighted by Gasteiger charge is -2.56. The molecule has 0 aromatic rings. The van der Waals surface area contributed by atoms with Crippen LogP contribution in [0.15, 0.2) is 23.3 Å². The summed E-state index contributed by atoms with van der Waals surface area (Å²) in [6.07, 6.45) is 14.5. The fourth-order valence-electron chi connectivity index (χ4n) is 7.82. The Hall–Kier alpha value is -1.38. The number of hydrogen-bond donors (Lipinski definition) is 0. The molecule has 4 aliphatic carbocycles. The second-order valence-corrected chi connectivity index (χ2v) is 10.6. The average molecular weight is 383 g/mol. The maximum Gasteiger partial charge on any atom is 0.306 e. The van der Waals surface area contributed by atoms with Crippen molar-refractivity contribution < 1.29 is 14.3 Å². The van der Waals surface area contributed by atoms with Gasteiger partial charge in [-0.15, -0.1) is 0 Å². The highest BCUT2D eigenvalue weighted by Gasteiger charge is 2.66. The number of hydrogen-bond acceptors (Lipinski definition) is 3. The molecule has 3 heteroatoms. The SMILES string of the molecule is CCC[C@@H]1C=C2CC(=O)CC[C@]2(C)C2=CC[C@@]3(C)C(CC[C@@]34CCC(=O)O4)C21. The van der Waals surface area contributed by atoms with Gasteiger partial charge in [0.15, 0.2) is 0 Å². The average Bonchev–Trinajstić information content (AvgIpc) is 3.18. The van der Waals surface area contributed by atoms with Gasteiger partial charge in [0.05, 0.1) is 0 Å². The van der Waals surface area contributed by atoms with Crippen LogP contribution in [0.2, 0.25) is 0 Å². The quantitative estimate of drug-likeness (QED) is 0.465. The van der Waals surface area contributed by atoms with Gasteiger partial charge >= 0.3 is 5.97 Å². The molecule has 1 spiro atoms. The zero-order valence-electron chi connectivity index (χ0n) is 17.7. The Morgan fingerprint density at radius 3 is 2.68 bits per heavy atom. The molecule has 152 valence electrons. The Morgan fingerprint density at radius 1 is 1.14 bits per heavy atom. The first kappa shape index (κ1) is 18.6. The van der Waals surface area contributed by atoms with E-state index >= 15 is 0 Å². The van der Waals surface area contributed by atoms with Crippen LogP contribution >= 0.6 is 0 Å². The minimum Gasteiger partial charge on any atom is -0.458 e. The van der Waals surface area contributed by atoms with Crippen LogP contribution in [0.3, 0.4) is 0 Å². The third-order valence-electron chi connectivity index (χ3n) is 9.44. The van der Waals surface area contributed by atoms with E-state index < -0.39 is 0 Å². The largest absolute Gasteiger partial charge is 0.458 e. The van der Waals surface area contributed by atoms with E-state index in [0.717, 1.165) is 32.1 Å². The zero-order valence-corrected chi connectivity index (χ0v) is 17.7. The van der Waals surface area contributed by atoms with Crippen molar-refractivity contribution in [2.75, 3.05) is 0 Å². The van der Waals surface area contributed by atoms with Crippen molar-refractivity contribution in [1.82, 2.24) is 0 Å². The van der Waals surface area contributed by atoms with E-state index in [-0.39, 0.29) is 22.4 Å². The molecular formula is C25H34O3. The molecule has 5 rings (SSSR count). The van der Waals surface area contributed by atoms with Crippen molar-refractivity contribution in [2.24, 2.45) is 28.6 Å². The van der Waals surface area contributed by atoms with Crippen LogP contribution in [0, 0.1) is 28.6 Å². The summed E-state index contributed by atoms with van der Waals surface area (Å²) in [5.41, 5.74) is 2.92. The lowest BCUT2D eigenvalue weighted by Crippen LogP contribution is -2.52. The van der Waals surface area contributed by atoms with Crippen LogP contribution in [0.25, 0.3) is 0 Å². The van der Waals surface area contributed by atoms with E-state index in [1.165, 1.54) is 24.8 Å². The Bertz CT molecular complexity index is 792. The molecule has 1 saturated heterocycles. The molecule has 2 unspecified atom stereocenters. The topological polar surface area (TPSA) is 43.4 Å². The smallest absolute Gasteiger partial charge is 0.306 e. The summed E-state index contributed by atoms with van der Waals surface area (Å²) in [6, 6.07) is 0. The Kier molecular flexibility index (Phi) is 4.03. The Balaban J connectivity index is 1.59. The van der Waals surface area contributed by atoms with Gasteiger partial charge in [-0.25, -0.2) is 0 Å². The van der Waals surface area contributed by atoms with Gasteiger partial charge in [0.1, 0.15) is 11.4 Å². The Morgan fingerprint density at radius 2 is 1.96 bits per heavy atom. The van der Waals surface area contributed by atoms with E-state index in [2.05, 4.69) is 32.9 Å². The normalized spacial score (nSPS) is 47.2. The first-order valence-corrected chi connectivity index (χ1v) is 11.5. The van der Waals surface area contributed by atoms with Gasteiger partial charge in [-0.2, -0.15) is 0 Å². The van der Waals surface area contributed by atoms with Crippen LogP contribution in [0.5, 0.6) is 0 Å². The molecule has 0 amide bonds. The summed E-state index contributed by atoms with van der Waals surface area (Å²) in [6.45, 7) is 7.08. The number of Topliss-reactive ketones (excluding diaryl/α,β-unsaturated/α-hetero) is 1. The monoisotopic (exact) mass is 382 g/mol. The predicted octanol–water partition coefficient (Wildman–Crippen LogP) is 5.54. The van der Waals surface area contributed by atoms with Gasteiger partial charge in [0.2, 0.25) is 0 Å². The summed E-state index contributed by atoms with van der Waals surface area (Å²) in [7, 11) is 0. The zero-order chi connectivity index (χ0) is 19.7. The predicted molar refractivity (Wildman–Crippen MR) is 109 cm³/mol. The molecule has 28 heavy (non-hydrogen) atoms. The van der Waals surface area contributed by atoms with E-state index in [1.807, 2.05) is 0 Å². The van der Waals surface area contributed by atoms with E-state index in [4.69, 9.17) is 4.74 Å². The third-order valence-corrected chi connectivity index (χ3v) is 9.44. The molecule has 0 aromatic carbocycles. The number of allylic oxidation sites excluding steroid dienone is 4. The van der Waals surface area contributed by atoms with Crippen molar-refractivity contribution in [1.29, 1.82) is 0 Å². The van der Waals surface area contributed by atoms with Crippen LogP contribution in [-0.2, 0) is 14.3 Å². The van der Waals surface area contributed by atoms with Crippen LogP contribution in [0.4, 0.5) is 0 Å². The second-order valence-electron chi connectivity index (χ2n) is 10.6. The summed E-state index contributed by atoms with van der Waals surface area (Å²) in [5, 5.41) is 0. The number of esters is 1. The highest BCUT2D eigenvalue weighted by Crippen LogP contribution is 2.68. The second kappa shape index (κ2) is 6.06. The number of carbonyl (C=O) groups excluding carboxylic acids is 2. The maximum absolute atomic E-state index is 12.2. The number of rotatable bonds is 2. The number of ether oxygens (including phenoxy) is 1. The minimum absolute atomic E-state index is 0.00495. The summed E-state index contributed by atoms with van der Waals surface area (Å²) >= 11 is 0. The maximum atomic E-state index is 12.2. The summed E-state index contributed by atoms with van der Waals surface area (Å²) in [5.74, 6) is 2.09. The fraction of sp³-hybridized carbons (Fsp3) is 0.760. The summed E-state index contributed by atoms with van der Waals surface area (Å²) in [4.78, 5) is 24.3. The lowest BCUT2D eigenvalue weighted by molar-refractivity contribution is -0.160. The van der Waals surface area contributed by atoms with Crippen molar-refractivity contribution in [3.05, 3.63) is 23.3 Å². The molecule has 6 atom stereocenters. The van der Waals surface area contributed by atoms with Gasteiger partial charge < -0.3 is 4.74 Å². The fourth-order valence-corrected chi connectivity index (χ4v) is 7.82. The van der Waals surface area contributed by atoms with E-state index in [1.54, 1.807) is 5.57 Å². The highest BCUT2D eigenvalue weighted by atomic mass is 16.6.